The second-order valence-electron chi connectivity index (χ2n) is 3.73. The highest BCUT2D eigenvalue weighted by Crippen LogP contribution is 2.25. The second kappa shape index (κ2) is 5.83. The van der Waals surface area contributed by atoms with E-state index in [2.05, 4.69) is 4.72 Å². The van der Waals surface area contributed by atoms with E-state index in [0.717, 1.165) is 12.1 Å². The summed E-state index contributed by atoms with van der Waals surface area (Å²) in [4.78, 5) is -0.629. The van der Waals surface area contributed by atoms with Gasteiger partial charge in [-0.15, -0.1) is 0 Å². The number of hydrogen-bond donors (Lipinski definition) is 3. The van der Waals surface area contributed by atoms with Gasteiger partial charge in [0.1, 0.15) is 4.90 Å². The minimum atomic E-state index is -4.09. The van der Waals surface area contributed by atoms with Crippen molar-refractivity contribution >= 4 is 27.3 Å². The number of sulfonamides is 1. The van der Waals surface area contributed by atoms with E-state index >= 15 is 0 Å². The Morgan fingerprint density at radius 3 is 2.72 bits per heavy atom. The van der Waals surface area contributed by atoms with Crippen LogP contribution in [-0.4, -0.2) is 26.2 Å². The molecule has 1 rings (SSSR count). The molecule has 0 spiro atoms. The molecule has 1 aromatic rings. The number of hydrogen-bond acceptors (Lipinski definition) is 4. The predicted octanol–water partition coefficient (Wildman–Crippen LogP) is 1.11. The summed E-state index contributed by atoms with van der Waals surface area (Å²) in [6.07, 6.45) is -0.456. The monoisotopic (exact) mass is 296 g/mol. The summed E-state index contributed by atoms with van der Waals surface area (Å²) in [7, 11) is -4.09. The Balaban J connectivity index is 3.05. The van der Waals surface area contributed by atoms with Crippen molar-refractivity contribution in [1.82, 2.24) is 4.72 Å². The van der Waals surface area contributed by atoms with E-state index < -0.39 is 26.8 Å². The van der Waals surface area contributed by atoms with Crippen LogP contribution in [0.5, 0.6) is 0 Å². The molecule has 0 saturated heterocycles. The number of aliphatic hydroxyl groups excluding tert-OH is 1. The molecular weight excluding hydrogens is 283 g/mol. The normalized spacial score (nSPS) is 13.6. The van der Waals surface area contributed by atoms with Gasteiger partial charge in [-0.3, -0.25) is 0 Å². The zero-order valence-corrected chi connectivity index (χ0v) is 11.2. The molecule has 0 heterocycles. The lowest BCUT2D eigenvalue weighted by Gasteiger charge is -2.11. The standard InChI is InChI=1S/C10H14ClFN2O3S/c1-2-7(15)5-14-18(16,17)9-4-6(13)3-8(11)10(9)12/h3-4,7,14-15H,2,5,13H2,1H3. The summed E-state index contributed by atoms with van der Waals surface area (Å²) in [5.41, 5.74) is 5.45. The third-order valence-electron chi connectivity index (χ3n) is 2.29. The van der Waals surface area contributed by atoms with Gasteiger partial charge in [0.25, 0.3) is 0 Å². The lowest BCUT2D eigenvalue weighted by atomic mass is 10.3. The summed E-state index contributed by atoms with van der Waals surface area (Å²) in [6.45, 7) is 1.49. The number of anilines is 1. The minimum Gasteiger partial charge on any atom is -0.399 e. The van der Waals surface area contributed by atoms with Crippen molar-refractivity contribution in [3.8, 4) is 0 Å². The average Bonchev–Trinajstić information content (AvgIpc) is 2.30. The first kappa shape index (κ1) is 15.2. The lowest BCUT2D eigenvalue weighted by molar-refractivity contribution is 0.174. The molecule has 1 aromatic carbocycles. The number of benzene rings is 1. The Labute approximate surface area is 110 Å². The van der Waals surface area contributed by atoms with E-state index in [1.807, 2.05) is 0 Å². The zero-order valence-electron chi connectivity index (χ0n) is 9.65. The van der Waals surface area contributed by atoms with Gasteiger partial charge in [-0.1, -0.05) is 18.5 Å². The second-order valence-corrected chi connectivity index (χ2v) is 5.87. The fourth-order valence-electron chi connectivity index (χ4n) is 1.21. The molecule has 0 saturated carbocycles. The summed E-state index contributed by atoms with van der Waals surface area (Å²) in [5.74, 6) is -1.07. The molecule has 0 aromatic heterocycles. The molecule has 18 heavy (non-hydrogen) atoms. The molecule has 0 bridgehead atoms. The molecule has 0 radical (unpaired) electrons. The molecule has 0 aliphatic rings. The van der Waals surface area contributed by atoms with Crippen LogP contribution in [0.3, 0.4) is 0 Å². The van der Waals surface area contributed by atoms with Crippen LogP contribution in [0.15, 0.2) is 17.0 Å². The predicted molar refractivity (Wildman–Crippen MR) is 67.3 cm³/mol. The molecular formula is C10H14ClFN2O3S. The van der Waals surface area contributed by atoms with E-state index in [4.69, 9.17) is 17.3 Å². The van der Waals surface area contributed by atoms with Gasteiger partial charge in [-0.25, -0.2) is 17.5 Å². The SMILES string of the molecule is CCC(O)CNS(=O)(=O)c1cc(N)cc(Cl)c1F. The van der Waals surface area contributed by atoms with Crippen molar-refractivity contribution in [2.75, 3.05) is 12.3 Å². The fourth-order valence-corrected chi connectivity index (χ4v) is 2.70. The van der Waals surface area contributed by atoms with E-state index in [-0.39, 0.29) is 17.3 Å². The first-order chi connectivity index (χ1) is 8.27. The van der Waals surface area contributed by atoms with Gasteiger partial charge in [0, 0.05) is 12.2 Å². The van der Waals surface area contributed by atoms with Gasteiger partial charge in [0.05, 0.1) is 11.1 Å². The Morgan fingerprint density at radius 1 is 1.56 bits per heavy atom. The molecule has 0 aliphatic heterocycles. The van der Waals surface area contributed by atoms with Gasteiger partial charge in [-0.2, -0.15) is 0 Å². The highest BCUT2D eigenvalue weighted by atomic mass is 35.5. The Hall–Kier alpha value is -0.890. The number of nitrogen functional groups attached to an aromatic ring is 1. The topological polar surface area (TPSA) is 92.4 Å². The van der Waals surface area contributed by atoms with Gasteiger partial charge in [0.2, 0.25) is 10.0 Å². The number of rotatable bonds is 5. The number of nitrogens with two attached hydrogens (primary N) is 1. The molecule has 0 aliphatic carbocycles. The molecule has 102 valence electrons. The quantitative estimate of drug-likeness (QED) is 0.710. The number of nitrogens with one attached hydrogen (secondary N) is 1. The maximum absolute atomic E-state index is 13.6. The van der Waals surface area contributed by atoms with E-state index in [1.165, 1.54) is 0 Å². The summed E-state index contributed by atoms with van der Waals surface area (Å²) >= 11 is 5.52. The van der Waals surface area contributed by atoms with Crippen LogP contribution in [0.4, 0.5) is 10.1 Å². The van der Waals surface area contributed by atoms with E-state index in [9.17, 15) is 17.9 Å². The van der Waals surface area contributed by atoms with Crippen molar-refractivity contribution < 1.29 is 17.9 Å². The number of halogens is 2. The van der Waals surface area contributed by atoms with Crippen molar-refractivity contribution in [3.63, 3.8) is 0 Å². The number of aliphatic hydroxyl groups is 1. The van der Waals surface area contributed by atoms with Crippen LogP contribution >= 0.6 is 11.6 Å². The van der Waals surface area contributed by atoms with Crippen molar-refractivity contribution in [1.29, 1.82) is 0 Å². The Kier molecular flexibility index (Phi) is 4.92. The first-order valence-electron chi connectivity index (χ1n) is 5.20. The van der Waals surface area contributed by atoms with Crippen LogP contribution in [-0.2, 0) is 10.0 Å². The van der Waals surface area contributed by atoms with Crippen molar-refractivity contribution in [2.24, 2.45) is 0 Å². The summed E-state index contributed by atoms with van der Waals surface area (Å²) < 4.78 is 39.3. The smallest absolute Gasteiger partial charge is 0.243 e. The average molecular weight is 297 g/mol. The van der Waals surface area contributed by atoms with E-state index in [1.54, 1.807) is 6.92 Å². The van der Waals surface area contributed by atoms with E-state index in [0.29, 0.717) is 6.42 Å². The molecule has 0 amide bonds. The van der Waals surface area contributed by atoms with Crippen LogP contribution in [0, 0.1) is 5.82 Å². The fraction of sp³-hybridized carbons (Fsp3) is 0.400. The zero-order chi connectivity index (χ0) is 13.9. The summed E-state index contributed by atoms with van der Waals surface area (Å²) in [6, 6.07) is 2.10. The van der Waals surface area contributed by atoms with Crippen molar-refractivity contribution in [3.05, 3.63) is 23.0 Å². The van der Waals surface area contributed by atoms with Crippen LogP contribution < -0.4 is 10.5 Å². The summed E-state index contributed by atoms with van der Waals surface area (Å²) in [5, 5.41) is 8.91. The molecule has 1 atom stereocenters. The van der Waals surface area contributed by atoms with Crippen LogP contribution in [0.1, 0.15) is 13.3 Å². The van der Waals surface area contributed by atoms with Gasteiger partial charge >= 0.3 is 0 Å². The largest absolute Gasteiger partial charge is 0.399 e. The third kappa shape index (κ3) is 3.55. The first-order valence-corrected chi connectivity index (χ1v) is 7.06. The molecule has 8 heteroatoms. The Morgan fingerprint density at radius 2 is 2.17 bits per heavy atom. The highest BCUT2D eigenvalue weighted by Gasteiger charge is 2.22. The minimum absolute atomic E-state index is 0.0396. The maximum atomic E-state index is 13.6. The maximum Gasteiger partial charge on any atom is 0.243 e. The molecule has 5 nitrogen and oxygen atoms in total. The van der Waals surface area contributed by atoms with Crippen molar-refractivity contribution in [2.45, 2.75) is 24.3 Å². The van der Waals surface area contributed by atoms with Gasteiger partial charge in [-0.05, 0) is 18.6 Å². The third-order valence-corrected chi connectivity index (χ3v) is 3.98. The highest BCUT2D eigenvalue weighted by molar-refractivity contribution is 7.89. The molecule has 0 fully saturated rings. The van der Waals surface area contributed by atoms with Crippen LogP contribution in [0.25, 0.3) is 0 Å². The molecule has 1 unspecified atom stereocenters. The lowest BCUT2D eigenvalue weighted by Crippen LogP contribution is -2.32. The van der Waals surface area contributed by atoms with Crippen LogP contribution in [0.2, 0.25) is 5.02 Å². The van der Waals surface area contributed by atoms with Gasteiger partial charge in [0.15, 0.2) is 5.82 Å². The molecule has 4 N–H and O–H groups in total. The Bertz CT molecular complexity index is 536. The van der Waals surface area contributed by atoms with Gasteiger partial charge < -0.3 is 10.8 Å².